The van der Waals surface area contributed by atoms with Gasteiger partial charge in [-0.1, -0.05) is 27.2 Å². The molecule has 0 bridgehead atoms. The maximum Gasteiger partial charge on any atom is 0.155 e. The maximum absolute atomic E-state index is 9.56. The van der Waals surface area contributed by atoms with E-state index >= 15 is 0 Å². The number of carbonyl (C=O) groups is 1. The number of hydrogen-bond donors (Lipinski definition) is 2. The summed E-state index contributed by atoms with van der Waals surface area (Å²) >= 11 is 0. The van der Waals surface area contributed by atoms with Gasteiger partial charge in [0.2, 0.25) is 0 Å². The Bertz CT molecular complexity index is 132. The summed E-state index contributed by atoms with van der Waals surface area (Å²) < 4.78 is 0. The van der Waals surface area contributed by atoms with Gasteiger partial charge in [0.05, 0.1) is 0 Å². The molecule has 1 aliphatic rings. The van der Waals surface area contributed by atoms with Crippen LogP contribution in [0.15, 0.2) is 0 Å². The average molecular weight is 217 g/mol. The van der Waals surface area contributed by atoms with Crippen LogP contribution in [0.3, 0.4) is 0 Å². The SMILES string of the molecule is CC.CC(=O)CO.CCC1CCNCC1. The lowest BCUT2D eigenvalue weighted by Gasteiger charge is -2.20. The van der Waals surface area contributed by atoms with Gasteiger partial charge in [-0.15, -0.1) is 0 Å². The number of piperidine rings is 1. The molecule has 0 aliphatic carbocycles. The predicted molar refractivity (Wildman–Crippen MR) is 65.0 cm³/mol. The molecule has 3 heteroatoms. The quantitative estimate of drug-likeness (QED) is 0.743. The zero-order valence-electron chi connectivity index (χ0n) is 10.7. The van der Waals surface area contributed by atoms with Crippen molar-refractivity contribution in [1.29, 1.82) is 0 Å². The summed E-state index contributed by atoms with van der Waals surface area (Å²) in [4.78, 5) is 9.56. The van der Waals surface area contributed by atoms with E-state index in [0.717, 1.165) is 5.92 Å². The van der Waals surface area contributed by atoms with Crippen molar-refractivity contribution in [3.8, 4) is 0 Å². The standard InChI is InChI=1S/C7H15N.C3H6O2.C2H6/c1-2-7-3-5-8-6-4-7;1-3(5)2-4;1-2/h7-8H,2-6H2,1H3;4H,2H2,1H3;1-2H3. The first-order valence-electron chi connectivity index (χ1n) is 6.01. The second kappa shape index (κ2) is 13.6. The van der Waals surface area contributed by atoms with Gasteiger partial charge in [-0.05, 0) is 38.8 Å². The molecule has 0 atom stereocenters. The highest BCUT2D eigenvalue weighted by Crippen LogP contribution is 2.13. The van der Waals surface area contributed by atoms with Crippen molar-refractivity contribution in [1.82, 2.24) is 5.32 Å². The Morgan fingerprint density at radius 3 is 1.93 bits per heavy atom. The number of hydrogen-bond acceptors (Lipinski definition) is 3. The number of nitrogens with one attached hydrogen (secondary N) is 1. The third kappa shape index (κ3) is 13.6. The minimum absolute atomic E-state index is 0.190. The van der Waals surface area contributed by atoms with Crippen molar-refractivity contribution in [3.05, 3.63) is 0 Å². The van der Waals surface area contributed by atoms with Crippen molar-refractivity contribution in [3.63, 3.8) is 0 Å². The molecule has 1 rings (SSSR count). The summed E-state index contributed by atoms with van der Waals surface area (Å²) in [6.07, 6.45) is 4.18. The van der Waals surface area contributed by atoms with E-state index in [-0.39, 0.29) is 12.4 Å². The van der Waals surface area contributed by atoms with Crippen LogP contribution in [0.4, 0.5) is 0 Å². The van der Waals surface area contributed by atoms with E-state index in [1.54, 1.807) is 0 Å². The van der Waals surface area contributed by atoms with Crippen molar-refractivity contribution >= 4 is 5.78 Å². The van der Waals surface area contributed by atoms with Gasteiger partial charge in [-0.3, -0.25) is 4.79 Å². The molecule has 0 spiro atoms. The van der Waals surface area contributed by atoms with Crippen LogP contribution in [0.2, 0.25) is 0 Å². The fraction of sp³-hybridized carbons (Fsp3) is 0.917. The third-order valence-electron chi connectivity index (χ3n) is 2.26. The molecule has 92 valence electrons. The Hall–Kier alpha value is -0.410. The lowest BCUT2D eigenvalue weighted by atomic mass is 9.96. The molecule has 1 heterocycles. The van der Waals surface area contributed by atoms with E-state index in [4.69, 9.17) is 5.11 Å². The number of carbonyl (C=O) groups excluding carboxylic acids is 1. The largest absolute Gasteiger partial charge is 0.389 e. The summed E-state index contributed by atoms with van der Waals surface area (Å²) in [6.45, 7) is 9.78. The summed E-state index contributed by atoms with van der Waals surface area (Å²) in [5.41, 5.74) is 0. The van der Waals surface area contributed by atoms with Crippen LogP contribution >= 0.6 is 0 Å². The minimum atomic E-state index is -0.333. The Morgan fingerprint density at radius 1 is 1.33 bits per heavy atom. The Balaban J connectivity index is 0. The smallest absolute Gasteiger partial charge is 0.155 e. The third-order valence-corrected chi connectivity index (χ3v) is 2.26. The highest BCUT2D eigenvalue weighted by molar-refractivity contribution is 5.76. The Labute approximate surface area is 94.3 Å². The molecule has 0 aromatic carbocycles. The molecule has 2 N–H and O–H groups in total. The molecule has 1 saturated heterocycles. The van der Waals surface area contributed by atoms with Gasteiger partial charge in [-0.25, -0.2) is 0 Å². The second-order valence-corrected chi connectivity index (χ2v) is 3.46. The second-order valence-electron chi connectivity index (χ2n) is 3.46. The fourth-order valence-corrected chi connectivity index (χ4v) is 1.29. The molecule has 0 aromatic heterocycles. The number of Topliss-reactive ketones (excluding diaryl/α,β-unsaturated/α-hetero) is 1. The van der Waals surface area contributed by atoms with E-state index in [9.17, 15) is 4.79 Å². The van der Waals surface area contributed by atoms with Gasteiger partial charge in [0.15, 0.2) is 5.78 Å². The normalized spacial score (nSPS) is 15.5. The van der Waals surface area contributed by atoms with Gasteiger partial charge in [0.1, 0.15) is 6.61 Å². The Kier molecular flexibility index (Phi) is 15.4. The minimum Gasteiger partial charge on any atom is -0.389 e. The summed E-state index contributed by atoms with van der Waals surface area (Å²) in [7, 11) is 0. The lowest BCUT2D eigenvalue weighted by molar-refractivity contribution is -0.119. The van der Waals surface area contributed by atoms with Crippen LogP contribution in [-0.2, 0) is 4.79 Å². The first kappa shape index (κ1) is 17.0. The van der Waals surface area contributed by atoms with Crippen LogP contribution in [-0.4, -0.2) is 30.6 Å². The fourth-order valence-electron chi connectivity index (χ4n) is 1.29. The molecule has 1 aliphatic heterocycles. The van der Waals surface area contributed by atoms with Crippen LogP contribution < -0.4 is 5.32 Å². The maximum atomic E-state index is 9.56. The first-order chi connectivity index (χ1) is 7.20. The van der Waals surface area contributed by atoms with Crippen molar-refractivity contribution in [2.24, 2.45) is 5.92 Å². The van der Waals surface area contributed by atoms with E-state index in [0.29, 0.717) is 0 Å². The molecular formula is C12H27NO2. The van der Waals surface area contributed by atoms with Crippen molar-refractivity contribution in [2.75, 3.05) is 19.7 Å². The van der Waals surface area contributed by atoms with Crippen LogP contribution in [0.1, 0.15) is 47.0 Å². The average Bonchev–Trinajstić information content (AvgIpc) is 2.33. The number of ketones is 1. The molecule has 1 fully saturated rings. The van der Waals surface area contributed by atoms with Crippen molar-refractivity contribution in [2.45, 2.75) is 47.0 Å². The highest BCUT2D eigenvalue weighted by atomic mass is 16.3. The summed E-state index contributed by atoms with van der Waals surface area (Å²) in [5, 5.41) is 11.1. The van der Waals surface area contributed by atoms with E-state index in [1.807, 2.05) is 13.8 Å². The van der Waals surface area contributed by atoms with E-state index in [2.05, 4.69) is 12.2 Å². The molecule has 0 amide bonds. The number of rotatable bonds is 2. The molecule has 3 nitrogen and oxygen atoms in total. The number of aliphatic hydroxyl groups excluding tert-OH is 1. The van der Waals surface area contributed by atoms with Gasteiger partial charge in [0.25, 0.3) is 0 Å². The topological polar surface area (TPSA) is 49.3 Å². The molecule has 0 unspecified atom stereocenters. The van der Waals surface area contributed by atoms with Gasteiger partial charge < -0.3 is 10.4 Å². The Morgan fingerprint density at radius 2 is 1.73 bits per heavy atom. The van der Waals surface area contributed by atoms with Crippen LogP contribution in [0.25, 0.3) is 0 Å². The van der Waals surface area contributed by atoms with Crippen LogP contribution in [0.5, 0.6) is 0 Å². The molecular weight excluding hydrogens is 190 g/mol. The van der Waals surface area contributed by atoms with Gasteiger partial charge in [-0.2, -0.15) is 0 Å². The molecule has 0 saturated carbocycles. The summed E-state index contributed by atoms with van der Waals surface area (Å²) in [6, 6.07) is 0. The van der Waals surface area contributed by atoms with E-state index < -0.39 is 0 Å². The zero-order valence-corrected chi connectivity index (χ0v) is 10.7. The first-order valence-corrected chi connectivity index (χ1v) is 6.01. The predicted octanol–water partition coefficient (Wildman–Crippen LogP) is 1.99. The molecule has 0 radical (unpaired) electrons. The zero-order chi connectivity index (χ0) is 12.1. The molecule has 15 heavy (non-hydrogen) atoms. The van der Waals surface area contributed by atoms with Gasteiger partial charge >= 0.3 is 0 Å². The summed E-state index contributed by atoms with van der Waals surface area (Å²) in [5.74, 6) is 0.834. The lowest BCUT2D eigenvalue weighted by Crippen LogP contribution is -2.27. The van der Waals surface area contributed by atoms with Gasteiger partial charge in [0, 0.05) is 0 Å². The monoisotopic (exact) mass is 217 g/mol. The van der Waals surface area contributed by atoms with E-state index in [1.165, 1.54) is 39.3 Å². The molecule has 0 aromatic rings. The highest BCUT2D eigenvalue weighted by Gasteiger charge is 2.08. The van der Waals surface area contributed by atoms with Crippen molar-refractivity contribution < 1.29 is 9.90 Å². The number of aliphatic hydroxyl groups is 1. The van der Waals surface area contributed by atoms with Crippen LogP contribution in [0, 0.1) is 5.92 Å².